The van der Waals surface area contributed by atoms with E-state index in [2.05, 4.69) is 10.6 Å². The van der Waals surface area contributed by atoms with Crippen LogP contribution in [0.25, 0.3) is 0 Å². The van der Waals surface area contributed by atoms with Gasteiger partial charge in [0.2, 0.25) is 5.91 Å². The van der Waals surface area contributed by atoms with Crippen molar-refractivity contribution in [2.24, 2.45) is 0 Å². The first-order chi connectivity index (χ1) is 9.26. The molecule has 0 aromatic carbocycles. The SMILES string of the molecule is CC(C)(C)NC(=O)CCNCc1ccc(CC(=O)O)s1. The Hall–Kier alpha value is -1.40. The van der Waals surface area contributed by atoms with Crippen molar-refractivity contribution in [2.45, 2.75) is 45.7 Å². The van der Waals surface area contributed by atoms with Crippen molar-refractivity contribution in [1.82, 2.24) is 10.6 Å². The third kappa shape index (κ3) is 7.25. The fourth-order valence-electron chi connectivity index (χ4n) is 1.66. The molecular formula is C14H22N2O3S. The van der Waals surface area contributed by atoms with Gasteiger partial charge in [-0.3, -0.25) is 9.59 Å². The molecule has 0 saturated heterocycles. The van der Waals surface area contributed by atoms with E-state index in [9.17, 15) is 9.59 Å². The number of amides is 1. The first-order valence-corrected chi connectivity index (χ1v) is 7.39. The summed E-state index contributed by atoms with van der Waals surface area (Å²) in [5, 5.41) is 14.8. The molecule has 0 fully saturated rings. The van der Waals surface area contributed by atoms with E-state index >= 15 is 0 Å². The highest BCUT2D eigenvalue weighted by Crippen LogP contribution is 2.16. The van der Waals surface area contributed by atoms with Crippen LogP contribution in [0.15, 0.2) is 12.1 Å². The van der Waals surface area contributed by atoms with Crippen molar-refractivity contribution in [2.75, 3.05) is 6.54 Å². The number of thiophene rings is 1. The monoisotopic (exact) mass is 298 g/mol. The summed E-state index contributed by atoms with van der Waals surface area (Å²) in [6, 6.07) is 3.76. The number of carboxylic acids is 1. The molecular weight excluding hydrogens is 276 g/mol. The fraction of sp³-hybridized carbons (Fsp3) is 0.571. The molecule has 0 radical (unpaired) electrons. The lowest BCUT2D eigenvalue weighted by atomic mass is 10.1. The maximum Gasteiger partial charge on any atom is 0.308 e. The zero-order valence-corrected chi connectivity index (χ0v) is 13.0. The second-order valence-corrected chi connectivity index (χ2v) is 6.92. The Morgan fingerprint density at radius 3 is 2.50 bits per heavy atom. The maximum absolute atomic E-state index is 11.6. The van der Waals surface area contributed by atoms with Gasteiger partial charge >= 0.3 is 5.97 Å². The summed E-state index contributed by atoms with van der Waals surface area (Å²) < 4.78 is 0. The largest absolute Gasteiger partial charge is 0.481 e. The number of carboxylic acid groups (broad SMARTS) is 1. The number of hydrogen-bond acceptors (Lipinski definition) is 4. The van der Waals surface area contributed by atoms with Crippen LogP contribution in [0.3, 0.4) is 0 Å². The Morgan fingerprint density at radius 1 is 1.25 bits per heavy atom. The van der Waals surface area contributed by atoms with Gasteiger partial charge in [-0.1, -0.05) is 0 Å². The quantitative estimate of drug-likeness (QED) is 0.670. The standard InChI is InChI=1S/C14H22N2O3S/c1-14(2,3)16-12(17)6-7-15-9-11-5-4-10(20-11)8-13(18)19/h4-5,15H,6-9H2,1-3H3,(H,16,17)(H,18,19). The van der Waals surface area contributed by atoms with Crippen molar-refractivity contribution >= 4 is 23.2 Å². The van der Waals surface area contributed by atoms with Crippen LogP contribution in [-0.4, -0.2) is 29.1 Å². The maximum atomic E-state index is 11.6. The molecule has 6 heteroatoms. The van der Waals surface area contributed by atoms with Crippen LogP contribution < -0.4 is 10.6 Å². The lowest BCUT2D eigenvalue weighted by Gasteiger charge is -2.20. The van der Waals surface area contributed by atoms with E-state index in [1.165, 1.54) is 11.3 Å². The molecule has 1 rings (SSSR count). The predicted molar refractivity (Wildman–Crippen MR) is 79.9 cm³/mol. The molecule has 0 aliphatic heterocycles. The lowest BCUT2D eigenvalue weighted by Crippen LogP contribution is -2.41. The van der Waals surface area contributed by atoms with Gasteiger partial charge < -0.3 is 15.7 Å². The van der Waals surface area contributed by atoms with Gasteiger partial charge in [-0.15, -0.1) is 11.3 Å². The Balaban J connectivity index is 2.23. The van der Waals surface area contributed by atoms with Crippen molar-refractivity contribution < 1.29 is 14.7 Å². The molecule has 0 aliphatic rings. The van der Waals surface area contributed by atoms with Crippen LogP contribution in [0.2, 0.25) is 0 Å². The third-order valence-corrected chi connectivity index (χ3v) is 3.47. The van der Waals surface area contributed by atoms with Gasteiger partial charge in [0.25, 0.3) is 0 Å². The minimum absolute atomic E-state index is 0.0303. The van der Waals surface area contributed by atoms with E-state index in [1.807, 2.05) is 32.9 Å². The molecule has 20 heavy (non-hydrogen) atoms. The molecule has 1 aromatic heterocycles. The molecule has 0 unspecified atom stereocenters. The molecule has 0 atom stereocenters. The molecule has 1 heterocycles. The van der Waals surface area contributed by atoms with Crippen molar-refractivity contribution in [3.8, 4) is 0 Å². The summed E-state index contributed by atoms with van der Waals surface area (Å²) in [5.74, 6) is -0.784. The normalized spacial score (nSPS) is 11.3. The minimum atomic E-state index is -0.815. The van der Waals surface area contributed by atoms with Gasteiger partial charge in [0.1, 0.15) is 0 Å². The van der Waals surface area contributed by atoms with E-state index in [0.29, 0.717) is 19.5 Å². The summed E-state index contributed by atoms with van der Waals surface area (Å²) in [6.07, 6.45) is 0.503. The first-order valence-electron chi connectivity index (χ1n) is 6.57. The van der Waals surface area contributed by atoms with Crippen LogP contribution in [0, 0.1) is 0 Å². The van der Waals surface area contributed by atoms with E-state index in [0.717, 1.165) is 9.75 Å². The van der Waals surface area contributed by atoms with Gasteiger partial charge in [-0.05, 0) is 32.9 Å². The molecule has 112 valence electrons. The topological polar surface area (TPSA) is 78.4 Å². The highest BCUT2D eigenvalue weighted by atomic mass is 32.1. The second-order valence-electron chi connectivity index (χ2n) is 5.66. The molecule has 0 spiro atoms. The van der Waals surface area contributed by atoms with Gasteiger partial charge in [0.05, 0.1) is 6.42 Å². The van der Waals surface area contributed by atoms with E-state index in [-0.39, 0.29) is 17.9 Å². The number of carbonyl (C=O) groups is 2. The second kappa shape index (κ2) is 7.40. The van der Waals surface area contributed by atoms with Gasteiger partial charge in [-0.2, -0.15) is 0 Å². The van der Waals surface area contributed by atoms with Crippen molar-refractivity contribution in [1.29, 1.82) is 0 Å². The van der Waals surface area contributed by atoms with Gasteiger partial charge in [0.15, 0.2) is 0 Å². The third-order valence-electron chi connectivity index (χ3n) is 2.39. The summed E-state index contributed by atoms with van der Waals surface area (Å²) in [5.41, 5.74) is -0.198. The molecule has 0 saturated carbocycles. The van der Waals surface area contributed by atoms with E-state index < -0.39 is 5.97 Å². The summed E-state index contributed by atoms with van der Waals surface area (Å²) in [7, 11) is 0. The molecule has 1 aromatic rings. The van der Waals surface area contributed by atoms with E-state index in [4.69, 9.17) is 5.11 Å². The molecule has 5 nitrogen and oxygen atoms in total. The predicted octanol–water partition coefficient (Wildman–Crippen LogP) is 1.77. The Bertz CT molecular complexity index is 463. The van der Waals surface area contributed by atoms with Crippen LogP contribution in [0.4, 0.5) is 0 Å². The Morgan fingerprint density at radius 2 is 1.90 bits per heavy atom. The zero-order chi connectivity index (χ0) is 15.2. The highest BCUT2D eigenvalue weighted by molar-refractivity contribution is 7.12. The van der Waals surface area contributed by atoms with Gasteiger partial charge in [-0.25, -0.2) is 0 Å². The van der Waals surface area contributed by atoms with Crippen molar-refractivity contribution in [3.63, 3.8) is 0 Å². The molecule has 0 bridgehead atoms. The average molecular weight is 298 g/mol. The number of aliphatic carboxylic acids is 1. The minimum Gasteiger partial charge on any atom is -0.481 e. The van der Waals surface area contributed by atoms with Crippen LogP contribution in [-0.2, 0) is 22.6 Å². The Kier molecular flexibility index (Phi) is 6.16. The molecule has 0 aliphatic carbocycles. The fourth-order valence-corrected chi connectivity index (χ4v) is 2.63. The molecule has 3 N–H and O–H groups in total. The lowest BCUT2D eigenvalue weighted by molar-refractivity contribution is -0.136. The average Bonchev–Trinajstić information content (AvgIpc) is 2.68. The van der Waals surface area contributed by atoms with Crippen LogP contribution in [0.1, 0.15) is 36.9 Å². The van der Waals surface area contributed by atoms with Crippen molar-refractivity contribution in [3.05, 3.63) is 21.9 Å². The molecule has 1 amide bonds. The summed E-state index contributed by atoms with van der Waals surface area (Å²) in [4.78, 5) is 24.1. The van der Waals surface area contributed by atoms with Crippen LogP contribution in [0.5, 0.6) is 0 Å². The number of nitrogens with one attached hydrogen (secondary N) is 2. The number of rotatable bonds is 7. The first kappa shape index (κ1) is 16.7. The summed E-state index contributed by atoms with van der Waals surface area (Å²) in [6.45, 7) is 7.12. The number of carbonyl (C=O) groups excluding carboxylic acids is 1. The smallest absolute Gasteiger partial charge is 0.308 e. The van der Waals surface area contributed by atoms with Crippen LogP contribution >= 0.6 is 11.3 Å². The highest BCUT2D eigenvalue weighted by Gasteiger charge is 2.12. The van der Waals surface area contributed by atoms with Gasteiger partial charge in [0, 0.05) is 34.8 Å². The summed E-state index contributed by atoms with van der Waals surface area (Å²) >= 11 is 1.49. The zero-order valence-electron chi connectivity index (χ0n) is 12.2. The Labute approximate surface area is 123 Å². The van der Waals surface area contributed by atoms with E-state index in [1.54, 1.807) is 0 Å². The number of hydrogen-bond donors (Lipinski definition) is 3.